The van der Waals surface area contributed by atoms with Crippen LogP contribution in [-0.4, -0.2) is 33.0 Å². The molecule has 0 aliphatic rings. The summed E-state index contributed by atoms with van der Waals surface area (Å²) in [4.78, 5) is 16.4. The molecule has 2 aromatic rings. The summed E-state index contributed by atoms with van der Waals surface area (Å²) in [5, 5.41) is 11.5. The lowest BCUT2D eigenvalue weighted by Crippen LogP contribution is -2.37. The van der Waals surface area contributed by atoms with Gasteiger partial charge in [-0.15, -0.1) is 0 Å². The first kappa shape index (κ1) is 17.6. The maximum atomic E-state index is 12.9. The molecule has 0 radical (unpaired) electrons. The Balaban J connectivity index is 2.57. The SMILES string of the molecule is CCC(CO)NC(=O)c1c(C)nc2c(Cl)cc(C(F)(F)F)cn12. The van der Waals surface area contributed by atoms with Crippen LogP contribution in [0.4, 0.5) is 13.2 Å². The zero-order valence-electron chi connectivity index (χ0n) is 12.4. The monoisotopic (exact) mass is 349 g/mol. The number of amides is 1. The Kier molecular flexibility index (Phi) is 4.86. The number of nitrogens with one attached hydrogen (secondary N) is 1. The third kappa shape index (κ3) is 3.42. The fourth-order valence-electron chi connectivity index (χ4n) is 2.18. The molecule has 5 nitrogen and oxygen atoms in total. The molecule has 0 spiro atoms. The first-order valence-electron chi connectivity index (χ1n) is 6.86. The van der Waals surface area contributed by atoms with Gasteiger partial charge in [0.05, 0.1) is 28.9 Å². The van der Waals surface area contributed by atoms with E-state index in [1.807, 2.05) is 0 Å². The number of aromatic nitrogens is 2. The van der Waals surface area contributed by atoms with Crippen LogP contribution < -0.4 is 5.32 Å². The number of nitrogens with zero attached hydrogens (tertiary/aromatic N) is 2. The number of aliphatic hydroxyl groups excluding tert-OH is 1. The summed E-state index contributed by atoms with van der Waals surface area (Å²) in [5.74, 6) is -0.619. The van der Waals surface area contributed by atoms with Crippen LogP contribution in [0.15, 0.2) is 12.3 Å². The van der Waals surface area contributed by atoms with Gasteiger partial charge in [-0.25, -0.2) is 4.98 Å². The number of carbonyl (C=O) groups is 1. The van der Waals surface area contributed by atoms with Crippen molar-refractivity contribution in [2.24, 2.45) is 0 Å². The highest BCUT2D eigenvalue weighted by molar-refractivity contribution is 6.33. The topological polar surface area (TPSA) is 66.6 Å². The van der Waals surface area contributed by atoms with Gasteiger partial charge in [0.25, 0.3) is 5.91 Å². The van der Waals surface area contributed by atoms with Gasteiger partial charge in [0, 0.05) is 6.20 Å². The molecule has 2 heterocycles. The van der Waals surface area contributed by atoms with Crippen LogP contribution in [0.25, 0.3) is 5.65 Å². The lowest BCUT2D eigenvalue weighted by atomic mass is 10.2. The molecule has 0 aromatic carbocycles. The standard InChI is InChI=1S/C14H15ClF3N3O2/c1-3-9(6-22)20-13(23)11-7(2)19-12-10(15)4-8(5-21(11)12)14(16,17)18/h4-5,9,22H,3,6H2,1-2H3,(H,20,23). The van der Waals surface area contributed by atoms with Gasteiger partial charge in [0.15, 0.2) is 5.65 Å². The molecule has 2 aromatic heterocycles. The van der Waals surface area contributed by atoms with Gasteiger partial charge in [-0.3, -0.25) is 9.20 Å². The maximum Gasteiger partial charge on any atom is 0.417 e. The van der Waals surface area contributed by atoms with Crippen LogP contribution in [0.5, 0.6) is 0 Å². The number of hydrogen-bond donors (Lipinski definition) is 2. The zero-order chi connectivity index (χ0) is 17.4. The van der Waals surface area contributed by atoms with Crippen LogP contribution in [-0.2, 0) is 6.18 Å². The molecule has 126 valence electrons. The summed E-state index contributed by atoms with van der Waals surface area (Å²) in [7, 11) is 0. The molecule has 0 bridgehead atoms. The van der Waals surface area contributed by atoms with Gasteiger partial charge < -0.3 is 10.4 Å². The minimum absolute atomic E-state index is 0.0418. The predicted octanol–water partition coefficient (Wildman–Crippen LogP) is 2.82. The summed E-state index contributed by atoms with van der Waals surface area (Å²) >= 11 is 5.86. The number of aryl methyl sites for hydroxylation is 1. The quantitative estimate of drug-likeness (QED) is 0.892. The van der Waals surface area contributed by atoms with E-state index in [9.17, 15) is 18.0 Å². The Hall–Kier alpha value is -1.80. The fraction of sp³-hybridized carbons (Fsp3) is 0.429. The van der Waals surface area contributed by atoms with Crippen molar-refractivity contribution >= 4 is 23.2 Å². The van der Waals surface area contributed by atoms with Crippen LogP contribution >= 0.6 is 11.6 Å². The van der Waals surface area contributed by atoms with Gasteiger partial charge in [0.1, 0.15) is 5.69 Å². The normalized spacial score (nSPS) is 13.3. The van der Waals surface area contributed by atoms with Crippen molar-refractivity contribution in [1.29, 1.82) is 0 Å². The van der Waals surface area contributed by atoms with Gasteiger partial charge >= 0.3 is 6.18 Å². The van der Waals surface area contributed by atoms with Crippen LogP contribution in [0, 0.1) is 6.92 Å². The third-order valence-corrected chi connectivity index (χ3v) is 3.72. The molecule has 1 atom stereocenters. The number of imidazole rings is 1. The number of alkyl halides is 3. The van der Waals surface area contributed by atoms with E-state index in [2.05, 4.69) is 10.3 Å². The molecule has 1 unspecified atom stereocenters. The maximum absolute atomic E-state index is 12.9. The average molecular weight is 350 g/mol. The number of fused-ring (bicyclic) bond motifs is 1. The van der Waals surface area contributed by atoms with E-state index in [1.54, 1.807) is 6.92 Å². The Bertz CT molecular complexity index is 739. The highest BCUT2D eigenvalue weighted by Gasteiger charge is 2.33. The number of carbonyl (C=O) groups excluding carboxylic acids is 1. The van der Waals surface area contributed by atoms with Crippen LogP contribution in [0.1, 0.15) is 35.1 Å². The van der Waals surface area contributed by atoms with Gasteiger partial charge in [-0.05, 0) is 19.4 Å². The number of rotatable bonds is 4. The van der Waals surface area contributed by atoms with Crippen LogP contribution in [0.3, 0.4) is 0 Å². The molecule has 2 N–H and O–H groups in total. The summed E-state index contributed by atoms with van der Waals surface area (Å²) in [6, 6.07) is 0.279. The van der Waals surface area contributed by atoms with Crippen molar-refractivity contribution in [3.8, 4) is 0 Å². The first-order valence-corrected chi connectivity index (χ1v) is 7.24. The number of pyridine rings is 1. The van der Waals surface area contributed by atoms with Gasteiger partial charge in [-0.2, -0.15) is 13.2 Å². The summed E-state index contributed by atoms with van der Waals surface area (Å²) in [5.41, 5.74) is -0.702. The molecule has 0 aliphatic carbocycles. The van der Waals surface area contributed by atoms with E-state index in [-0.39, 0.29) is 28.7 Å². The van der Waals surface area contributed by atoms with E-state index in [0.29, 0.717) is 6.42 Å². The molecular weight excluding hydrogens is 335 g/mol. The van der Waals surface area contributed by atoms with Crippen LogP contribution in [0.2, 0.25) is 5.02 Å². The third-order valence-electron chi connectivity index (χ3n) is 3.44. The van der Waals surface area contributed by atoms with E-state index in [1.165, 1.54) is 6.92 Å². The molecule has 9 heteroatoms. The molecule has 1 amide bonds. The second kappa shape index (κ2) is 6.37. The van der Waals surface area contributed by atoms with E-state index in [0.717, 1.165) is 16.7 Å². The predicted molar refractivity (Wildman–Crippen MR) is 78.6 cm³/mol. The van der Waals surface area contributed by atoms with Gasteiger partial charge in [-0.1, -0.05) is 18.5 Å². The molecule has 0 fully saturated rings. The van der Waals surface area contributed by atoms with Gasteiger partial charge in [0.2, 0.25) is 0 Å². The lowest BCUT2D eigenvalue weighted by molar-refractivity contribution is -0.137. The summed E-state index contributed by atoms with van der Waals surface area (Å²) in [6.45, 7) is 3.00. The number of hydrogen-bond acceptors (Lipinski definition) is 3. The molecule has 0 aliphatic heterocycles. The highest BCUT2D eigenvalue weighted by Crippen LogP contribution is 2.33. The number of halogens is 4. The second-order valence-corrected chi connectivity index (χ2v) is 5.48. The van der Waals surface area contributed by atoms with Crippen molar-refractivity contribution in [2.75, 3.05) is 6.61 Å². The summed E-state index contributed by atoms with van der Waals surface area (Å²) < 4.78 is 39.8. The largest absolute Gasteiger partial charge is 0.417 e. The zero-order valence-corrected chi connectivity index (χ0v) is 13.2. The Morgan fingerprint density at radius 1 is 1.52 bits per heavy atom. The Labute approximate surface area is 135 Å². The van der Waals surface area contributed by atoms with E-state index in [4.69, 9.17) is 16.7 Å². The minimum Gasteiger partial charge on any atom is -0.394 e. The minimum atomic E-state index is -4.60. The van der Waals surface area contributed by atoms with Crippen molar-refractivity contribution in [2.45, 2.75) is 32.5 Å². The highest BCUT2D eigenvalue weighted by atomic mass is 35.5. The number of aliphatic hydroxyl groups is 1. The van der Waals surface area contributed by atoms with E-state index < -0.39 is 23.7 Å². The van der Waals surface area contributed by atoms with Crippen molar-refractivity contribution < 1.29 is 23.1 Å². The van der Waals surface area contributed by atoms with E-state index >= 15 is 0 Å². The lowest BCUT2D eigenvalue weighted by Gasteiger charge is -2.14. The molecule has 0 saturated heterocycles. The Morgan fingerprint density at radius 2 is 2.17 bits per heavy atom. The molecule has 23 heavy (non-hydrogen) atoms. The smallest absolute Gasteiger partial charge is 0.394 e. The molecular formula is C14H15ClF3N3O2. The second-order valence-electron chi connectivity index (χ2n) is 5.08. The van der Waals surface area contributed by atoms with Crippen molar-refractivity contribution in [1.82, 2.24) is 14.7 Å². The fourth-order valence-corrected chi connectivity index (χ4v) is 2.43. The summed E-state index contributed by atoms with van der Waals surface area (Å²) in [6.07, 6.45) is -3.33. The van der Waals surface area contributed by atoms with Crippen molar-refractivity contribution in [3.63, 3.8) is 0 Å². The average Bonchev–Trinajstić information content (AvgIpc) is 2.80. The molecule has 2 rings (SSSR count). The Morgan fingerprint density at radius 3 is 2.70 bits per heavy atom. The molecule has 0 saturated carbocycles. The first-order chi connectivity index (χ1) is 10.7. The van der Waals surface area contributed by atoms with Crippen molar-refractivity contribution in [3.05, 3.63) is 34.2 Å².